The molecular weight excluding hydrogens is 354 g/mol. The Hall–Kier alpha value is -2.96. The lowest BCUT2D eigenvalue weighted by atomic mass is 10.2. The molecule has 7 nitrogen and oxygen atoms in total. The number of nitrogens with one attached hydrogen (secondary N) is 3. The van der Waals surface area contributed by atoms with Gasteiger partial charge in [0, 0.05) is 50.5 Å². The van der Waals surface area contributed by atoms with Crippen LogP contribution in [-0.2, 0) is 0 Å². The van der Waals surface area contributed by atoms with Gasteiger partial charge in [-0.15, -0.1) is 0 Å². The zero-order valence-electron chi connectivity index (χ0n) is 16.6. The third-order valence-corrected chi connectivity index (χ3v) is 4.87. The number of furan rings is 1. The fourth-order valence-corrected chi connectivity index (χ4v) is 3.32. The maximum atomic E-state index is 12.0. The van der Waals surface area contributed by atoms with Crippen molar-refractivity contribution in [3.8, 4) is 0 Å². The summed E-state index contributed by atoms with van der Waals surface area (Å²) in [5, 5.41) is 9.68. The predicted molar refractivity (Wildman–Crippen MR) is 112 cm³/mol. The van der Waals surface area contributed by atoms with Crippen molar-refractivity contribution in [2.24, 2.45) is 4.99 Å². The molecule has 1 fully saturated rings. The van der Waals surface area contributed by atoms with Crippen LogP contribution in [0.2, 0.25) is 0 Å². The summed E-state index contributed by atoms with van der Waals surface area (Å²) in [6.07, 6.45) is 3.41. The zero-order valence-corrected chi connectivity index (χ0v) is 16.6. The van der Waals surface area contributed by atoms with Gasteiger partial charge in [0.2, 0.25) is 0 Å². The third-order valence-electron chi connectivity index (χ3n) is 4.87. The van der Waals surface area contributed by atoms with Crippen LogP contribution in [0.25, 0.3) is 0 Å². The SMILES string of the molecule is CN=C(NCCCNC(=O)c1occc1C)NC1CCN(c2ccccc2)C1. The van der Waals surface area contributed by atoms with Gasteiger partial charge >= 0.3 is 0 Å². The van der Waals surface area contributed by atoms with E-state index in [2.05, 4.69) is 50.1 Å². The molecule has 3 N–H and O–H groups in total. The molecule has 150 valence electrons. The predicted octanol–water partition coefficient (Wildman–Crippen LogP) is 2.15. The number of anilines is 1. The molecule has 7 heteroatoms. The van der Waals surface area contributed by atoms with E-state index in [-0.39, 0.29) is 5.91 Å². The van der Waals surface area contributed by atoms with Gasteiger partial charge < -0.3 is 25.3 Å². The quantitative estimate of drug-likeness (QED) is 0.388. The van der Waals surface area contributed by atoms with Crippen LogP contribution in [-0.4, -0.2) is 51.1 Å². The maximum Gasteiger partial charge on any atom is 0.287 e. The highest BCUT2D eigenvalue weighted by Gasteiger charge is 2.23. The van der Waals surface area contributed by atoms with Crippen LogP contribution < -0.4 is 20.9 Å². The number of rotatable bonds is 7. The molecule has 28 heavy (non-hydrogen) atoms. The van der Waals surface area contributed by atoms with E-state index in [0.29, 0.717) is 18.3 Å². The van der Waals surface area contributed by atoms with E-state index in [0.717, 1.165) is 44.0 Å². The van der Waals surface area contributed by atoms with Crippen molar-refractivity contribution in [2.75, 3.05) is 38.1 Å². The Balaban J connectivity index is 1.34. The summed E-state index contributed by atoms with van der Waals surface area (Å²) in [6, 6.07) is 12.6. The Kier molecular flexibility index (Phi) is 6.94. The lowest BCUT2D eigenvalue weighted by Gasteiger charge is -2.20. The van der Waals surface area contributed by atoms with Gasteiger partial charge in [0.25, 0.3) is 5.91 Å². The molecule has 1 aromatic carbocycles. The van der Waals surface area contributed by atoms with Crippen LogP contribution in [0.1, 0.15) is 29.0 Å². The molecule has 1 amide bonds. The summed E-state index contributed by atoms with van der Waals surface area (Å²) < 4.78 is 5.19. The summed E-state index contributed by atoms with van der Waals surface area (Å²) in [5.41, 5.74) is 2.11. The monoisotopic (exact) mass is 383 g/mol. The van der Waals surface area contributed by atoms with E-state index in [1.807, 2.05) is 13.0 Å². The van der Waals surface area contributed by atoms with E-state index in [1.165, 1.54) is 12.0 Å². The number of guanidine groups is 1. The zero-order chi connectivity index (χ0) is 19.8. The summed E-state index contributed by atoms with van der Waals surface area (Å²) >= 11 is 0. The number of para-hydroxylation sites is 1. The molecule has 1 saturated heterocycles. The molecule has 2 aromatic rings. The number of nitrogens with zero attached hydrogens (tertiary/aromatic N) is 2. The van der Waals surface area contributed by atoms with E-state index in [1.54, 1.807) is 13.1 Å². The normalized spacial score (nSPS) is 16.9. The van der Waals surface area contributed by atoms with Gasteiger partial charge in [-0.3, -0.25) is 9.79 Å². The lowest BCUT2D eigenvalue weighted by Crippen LogP contribution is -2.45. The molecule has 1 unspecified atom stereocenters. The van der Waals surface area contributed by atoms with Crippen LogP contribution in [0.3, 0.4) is 0 Å². The molecule has 0 bridgehead atoms. The van der Waals surface area contributed by atoms with E-state index < -0.39 is 0 Å². The number of carbonyl (C=O) groups excluding carboxylic acids is 1. The van der Waals surface area contributed by atoms with Gasteiger partial charge in [-0.2, -0.15) is 0 Å². The molecule has 3 rings (SSSR count). The summed E-state index contributed by atoms with van der Waals surface area (Å²) in [6.45, 7) is 5.16. The van der Waals surface area contributed by atoms with Crippen LogP contribution in [0.4, 0.5) is 5.69 Å². The first kappa shape index (κ1) is 19.8. The number of hydrogen-bond acceptors (Lipinski definition) is 4. The number of aryl methyl sites for hydroxylation is 1. The minimum Gasteiger partial charge on any atom is -0.459 e. The van der Waals surface area contributed by atoms with Crippen molar-refractivity contribution >= 4 is 17.6 Å². The molecule has 0 aliphatic carbocycles. The van der Waals surface area contributed by atoms with Crippen LogP contribution in [0.5, 0.6) is 0 Å². The van der Waals surface area contributed by atoms with Crippen LogP contribution in [0.15, 0.2) is 52.1 Å². The summed E-state index contributed by atoms with van der Waals surface area (Å²) in [7, 11) is 1.78. The van der Waals surface area contributed by atoms with Gasteiger partial charge in [0.1, 0.15) is 0 Å². The smallest absolute Gasteiger partial charge is 0.287 e. The Morgan fingerprint density at radius 1 is 1.21 bits per heavy atom. The summed E-state index contributed by atoms with van der Waals surface area (Å²) in [4.78, 5) is 18.7. The Bertz CT molecular complexity index is 787. The molecule has 1 aliphatic heterocycles. The van der Waals surface area contributed by atoms with E-state index in [9.17, 15) is 4.79 Å². The van der Waals surface area contributed by atoms with Gasteiger partial charge in [-0.25, -0.2) is 0 Å². The molecule has 1 aromatic heterocycles. The maximum absolute atomic E-state index is 12.0. The number of benzene rings is 1. The van der Waals surface area contributed by atoms with Crippen LogP contribution in [0, 0.1) is 6.92 Å². The van der Waals surface area contributed by atoms with Crippen LogP contribution >= 0.6 is 0 Å². The molecular formula is C21H29N5O2. The average molecular weight is 383 g/mol. The third kappa shape index (κ3) is 5.28. The van der Waals surface area contributed by atoms with Crippen molar-refractivity contribution < 1.29 is 9.21 Å². The standard InChI is InChI=1S/C21H29N5O2/c1-16-10-14-28-19(16)20(27)23-11-6-12-24-21(22-2)25-17-9-13-26(15-17)18-7-4-3-5-8-18/h3-5,7-8,10,14,17H,6,9,11-13,15H2,1-2H3,(H,23,27)(H2,22,24,25). The molecule has 0 spiro atoms. The second-order valence-electron chi connectivity index (χ2n) is 6.95. The highest BCUT2D eigenvalue weighted by atomic mass is 16.3. The Labute approximate surface area is 166 Å². The fraction of sp³-hybridized carbons (Fsp3) is 0.429. The second kappa shape index (κ2) is 9.82. The minimum absolute atomic E-state index is 0.169. The van der Waals surface area contributed by atoms with Gasteiger partial charge in [0.05, 0.1) is 6.26 Å². The summed E-state index contributed by atoms with van der Waals surface area (Å²) in [5.74, 6) is 1.01. The number of amides is 1. The first-order valence-electron chi connectivity index (χ1n) is 9.77. The largest absolute Gasteiger partial charge is 0.459 e. The highest BCUT2D eigenvalue weighted by molar-refractivity contribution is 5.92. The number of carbonyl (C=O) groups is 1. The molecule has 1 atom stereocenters. The van der Waals surface area contributed by atoms with Crippen molar-refractivity contribution in [2.45, 2.75) is 25.8 Å². The second-order valence-corrected chi connectivity index (χ2v) is 6.95. The molecule has 0 radical (unpaired) electrons. The molecule has 1 aliphatic rings. The number of aliphatic imine (C=N–C) groups is 1. The van der Waals surface area contributed by atoms with Crippen molar-refractivity contribution in [3.05, 3.63) is 54.0 Å². The Morgan fingerprint density at radius 3 is 2.71 bits per heavy atom. The van der Waals surface area contributed by atoms with Gasteiger partial charge in [-0.05, 0) is 38.0 Å². The molecule has 0 saturated carbocycles. The average Bonchev–Trinajstić information content (AvgIpc) is 3.36. The lowest BCUT2D eigenvalue weighted by molar-refractivity contribution is 0.0925. The molecule has 2 heterocycles. The van der Waals surface area contributed by atoms with Gasteiger partial charge in [-0.1, -0.05) is 18.2 Å². The van der Waals surface area contributed by atoms with Crippen molar-refractivity contribution in [3.63, 3.8) is 0 Å². The number of hydrogen-bond donors (Lipinski definition) is 3. The van der Waals surface area contributed by atoms with Gasteiger partial charge in [0.15, 0.2) is 11.7 Å². The van der Waals surface area contributed by atoms with Crippen molar-refractivity contribution in [1.82, 2.24) is 16.0 Å². The highest BCUT2D eigenvalue weighted by Crippen LogP contribution is 2.19. The topological polar surface area (TPSA) is 81.9 Å². The van der Waals surface area contributed by atoms with Crippen molar-refractivity contribution in [1.29, 1.82) is 0 Å². The van der Waals surface area contributed by atoms with E-state index >= 15 is 0 Å². The first-order chi connectivity index (χ1) is 13.7. The fourth-order valence-electron chi connectivity index (χ4n) is 3.32. The van der Waals surface area contributed by atoms with E-state index in [4.69, 9.17) is 4.42 Å². The minimum atomic E-state index is -0.169. The first-order valence-corrected chi connectivity index (χ1v) is 9.77. The Morgan fingerprint density at radius 2 is 2.00 bits per heavy atom.